The van der Waals surface area contributed by atoms with Crippen molar-refractivity contribution in [3.05, 3.63) is 94.8 Å². The van der Waals surface area contributed by atoms with E-state index in [1.54, 1.807) is 30.3 Å². The predicted octanol–water partition coefficient (Wildman–Crippen LogP) is 5.12. The van der Waals surface area contributed by atoms with Crippen LogP contribution in [0.5, 0.6) is 11.5 Å². The first-order valence-electron chi connectivity index (χ1n) is 10.2. The molecule has 1 amide bonds. The second-order valence-corrected chi connectivity index (χ2v) is 7.72. The van der Waals surface area contributed by atoms with Gasteiger partial charge in [0, 0.05) is 28.6 Å². The first kappa shape index (κ1) is 22.4. The number of halogens is 1. The first-order valence-corrected chi connectivity index (χ1v) is 10.6. The molecule has 1 aromatic heterocycles. The molecule has 1 N–H and O–H groups in total. The van der Waals surface area contributed by atoms with E-state index in [9.17, 15) is 4.79 Å². The number of nitrogens with zero attached hydrogens (tertiary/aromatic N) is 2. The average molecular weight is 464 g/mol. The second-order valence-electron chi connectivity index (χ2n) is 7.28. The van der Waals surface area contributed by atoms with Crippen molar-refractivity contribution in [3.8, 4) is 22.9 Å². The molecule has 3 aromatic carbocycles. The largest absolute Gasteiger partial charge is 0.497 e. The van der Waals surface area contributed by atoms with E-state index in [4.69, 9.17) is 25.6 Å². The molecule has 0 radical (unpaired) electrons. The molecule has 0 aliphatic heterocycles. The molecular formula is C25H22ClN3O4. The Balaban J connectivity index is 1.64. The summed E-state index contributed by atoms with van der Waals surface area (Å²) >= 11 is 6.09. The highest BCUT2D eigenvalue weighted by Gasteiger charge is 2.23. The smallest absolute Gasteiger partial charge is 0.252 e. The van der Waals surface area contributed by atoms with Gasteiger partial charge in [0.15, 0.2) is 0 Å². The van der Waals surface area contributed by atoms with Crippen molar-refractivity contribution in [1.29, 1.82) is 0 Å². The summed E-state index contributed by atoms with van der Waals surface area (Å²) in [6.07, 6.45) is 0.463. The Hall–Kier alpha value is -3.84. The lowest BCUT2D eigenvalue weighted by molar-refractivity contribution is 0.0927. The van der Waals surface area contributed by atoms with Crippen molar-refractivity contribution in [3.63, 3.8) is 0 Å². The Labute approximate surface area is 196 Å². The number of rotatable bonds is 8. The van der Waals surface area contributed by atoms with Crippen molar-refractivity contribution in [1.82, 2.24) is 15.5 Å². The van der Waals surface area contributed by atoms with Gasteiger partial charge in [-0.05, 0) is 29.8 Å². The molecule has 0 fully saturated rings. The Morgan fingerprint density at radius 1 is 1.00 bits per heavy atom. The van der Waals surface area contributed by atoms with Gasteiger partial charge in [-0.25, -0.2) is 0 Å². The van der Waals surface area contributed by atoms with Gasteiger partial charge in [0.25, 0.3) is 5.91 Å². The SMILES string of the molecule is COc1cc(OC)cc(C(=O)NC(Cc2ccccc2)c2nc(-c3cccc(Cl)c3)no2)c1. The number of hydrogen-bond donors (Lipinski definition) is 1. The minimum absolute atomic E-state index is 0.289. The summed E-state index contributed by atoms with van der Waals surface area (Å²) in [5, 5.41) is 7.66. The quantitative estimate of drug-likeness (QED) is 0.390. The second kappa shape index (κ2) is 10.2. The molecule has 168 valence electrons. The molecule has 33 heavy (non-hydrogen) atoms. The number of aromatic nitrogens is 2. The fraction of sp³-hybridized carbons (Fsp3) is 0.160. The summed E-state index contributed by atoms with van der Waals surface area (Å²) in [5.74, 6) is 1.39. The van der Waals surface area contributed by atoms with Crippen molar-refractivity contribution < 1.29 is 18.8 Å². The Morgan fingerprint density at radius 3 is 2.39 bits per heavy atom. The maximum absolute atomic E-state index is 13.1. The van der Waals surface area contributed by atoms with Gasteiger partial charge in [0.2, 0.25) is 11.7 Å². The zero-order valence-corrected chi connectivity index (χ0v) is 18.9. The third-order valence-corrected chi connectivity index (χ3v) is 5.26. The van der Waals surface area contributed by atoms with Crippen LogP contribution in [0.4, 0.5) is 0 Å². The van der Waals surface area contributed by atoms with E-state index in [-0.39, 0.29) is 11.8 Å². The van der Waals surface area contributed by atoms with E-state index in [0.717, 1.165) is 11.1 Å². The van der Waals surface area contributed by atoms with E-state index < -0.39 is 6.04 Å². The van der Waals surface area contributed by atoms with Crippen molar-refractivity contribution in [2.24, 2.45) is 0 Å². The molecule has 0 bridgehead atoms. The highest BCUT2D eigenvalue weighted by atomic mass is 35.5. The van der Waals surface area contributed by atoms with Crippen LogP contribution < -0.4 is 14.8 Å². The fourth-order valence-corrected chi connectivity index (χ4v) is 3.54. The van der Waals surface area contributed by atoms with Crippen LogP contribution in [0.25, 0.3) is 11.4 Å². The number of nitrogens with one attached hydrogen (secondary N) is 1. The van der Waals surface area contributed by atoms with Gasteiger partial charge in [-0.15, -0.1) is 0 Å². The molecule has 4 aromatic rings. The van der Waals surface area contributed by atoms with Gasteiger partial charge in [-0.1, -0.05) is 59.2 Å². The van der Waals surface area contributed by atoms with Crippen LogP contribution in [-0.4, -0.2) is 30.3 Å². The van der Waals surface area contributed by atoms with E-state index in [1.165, 1.54) is 14.2 Å². The zero-order valence-electron chi connectivity index (χ0n) is 18.1. The van der Waals surface area contributed by atoms with Crippen LogP contribution in [0.1, 0.15) is 27.9 Å². The Morgan fingerprint density at radius 2 is 1.73 bits per heavy atom. The van der Waals surface area contributed by atoms with E-state index >= 15 is 0 Å². The fourth-order valence-electron chi connectivity index (χ4n) is 3.35. The zero-order chi connectivity index (χ0) is 23.2. The number of carbonyl (C=O) groups excluding carboxylic acids is 1. The topological polar surface area (TPSA) is 86.5 Å². The first-order chi connectivity index (χ1) is 16.1. The lowest BCUT2D eigenvalue weighted by Gasteiger charge is -2.16. The molecule has 0 aliphatic rings. The van der Waals surface area contributed by atoms with Crippen molar-refractivity contribution in [2.45, 2.75) is 12.5 Å². The minimum Gasteiger partial charge on any atom is -0.497 e. The van der Waals surface area contributed by atoms with Crippen LogP contribution in [0, 0.1) is 0 Å². The van der Waals surface area contributed by atoms with Crippen molar-refractivity contribution in [2.75, 3.05) is 14.2 Å². The maximum atomic E-state index is 13.1. The molecule has 1 heterocycles. The molecular weight excluding hydrogens is 442 g/mol. The molecule has 0 aliphatic carbocycles. The summed E-state index contributed by atoms with van der Waals surface area (Å²) in [5.41, 5.74) is 2.12. The highest BCUT2D eigenvalue weighted by Crippen LogP contribution is 2.26. The molecule has 8 heteroatoms. The molecule has 1 unspecified atom stereocenters. The van der Waals surface area contributed by atoms with Gasteiger partial charge in [-0.2, -0.15) is 4.98 Å². The Bertz CT molecular complexity index is 1220. The summed E-state index contributed by atoms with van der Waals surface area (Å²) in [6.45, 7) is 0. The predicted molar refractivity (Wildman–Crippen MR) is 125 cm³/mol. The third kappa shape index (κ3) is 5.51. The van der Waals surface area contributed by atoms with Crippen LogP contribution in [-0.2, 0) is 6.42 Å². The highest BCUT2D eigenvalue weighted by molar-refractivity contribution is 6.30. The Kier molecular flexibility index (Phi) is 6.90. The number of amides is 1. The van der Waals surface area contributed by atoms with Gasteiger partial charge >= 0.3 is 0 Å². The summed E-state index contributed by atoms with van der Waals surface area (Å²) < 4.78 is 16.1. The van der Waals surface area contributed by atoms with Gasteiger partial charge < -0.3 is 19.3 Å². The van der Waals surface area contributed by atoms with E-state index in [0.29, 0.717) is 34.3 Å². The number of hydrogen-bond acceptors (Lipinski definition) is 6. The number of benzene rings is 3. The van der Waals surface area contributed by atoms with Crippen LogP contribution in [0.3, 0.4) is 0 Å². The summed E-state index contributed by atoms with van der Waals surface area (Å²) in [4.78, 5) is 17.7. The molecule has 0 saturated heterocycles. The van der Waals surface area contributed by atoms with Gasteiger partial charge in [0.05, 0.1) is 14.2 Å². The van der Waals surface area contributed by atoms with Gasteiger partial charge in [-0.3, -0.25) is 4.79 Å². The summed E-state index contributed by atoms with van der Waals surface area (Å²) in [7, 11) is 3.06. The minimum atomic E-state index is -0.558. The van der Waals surface area contributed by atoms with Gasteiger partial charge in [0.1, 0.15) is 17.5 Å². The van der Waals surface area contributed by atoms with E-state index in [1.807, 2.05) is 42.5 Å². The third-order valence-electron chi connectivity index (χ3n) is 5.02. The maximum Gasteiger partial charge on any atom is 0.252 e. The molecule has 1 atom stereocenters. The van der Waals surface area contributed by atoms with Crippen molar-refractivity contribution >= 4 is 17.5 Å². The van der Waals surface area contributed by atoms with Crippen LogP contribution in [0.15, 0.2) is 77.3 Å². The lowest BCUT2D eigenvalue weighted by atomic mass is 10.0. The monoisotopic (exact) mass is 463 g/mol. The average Bonchev–Trinajstić information content (AvgIpc) is 3.34. The summed E-state index contributed by atoms with van der Waals surface area (Å²) in [6, 6.07) is 21.4. The molecule has 0 saturated carbocycles. The number of methoxy groups -OCH3 is 2. The normalized spacial score (nSPS) is 11.6. The molecule has 0 spiro atoms. The van der Waals surface area contributed by atoms with E-state index in [2.05, 4.69) is 15.5 Å². The standard InChI is InChI=1S/C25H22ClN3O4/c1-31-20-13-18(14-21(15-20)32-2)24(30)27-22(11-16-7-4-3-5-8-16)25-28-23(29-33-25)17-9-6-10-19(26)12-17/h3-10,12-15,22H,11H2,1-2H3,(H,27,30). The molecule has 7 nitrogen and oxygen atoms in total. The number of ether oxygens (including phenoxy) is 2. The van der Waals surface area contributed by atoms with Crippen LogP contribution in [0.2, 0.25) is 5.02 Å². The molecule has 4 rings (SSSR count). The number of carbonyl (C=O) groups is 1. The lowest BCUT2D eigenvalue weighted by Crippen LogP contribution is -2.30. The van der Waals surface area contributed by atoms with Crippen LogP contribution >= 0.6 is 11.6 Å².